The fourth-order valence-electron chi connectivity index (χ4n) is 5.70. The second-order valence-corrected chi connectivity index (χ2v) is 7.27. The second-order valence-electron chi connectivity index (χ2n) is 7.27. The molecule has 24 heavy (non-hydrogen) atoms. The van der Waals surface area contributed by atoms with E-state index < -0.39 is 0 Å². The molecule has 0 radical (unpaired) electrons. The van der Waals surface area contributed by atoms with Gasteiger partial charge in [-0.1, -0.05) is 60.7 Å². The lowest BCUT2D eigenvalue weighted by atomic mass is 9.86. The van der Waals surface area contributed by atoms with E-state index >= 15 is 0 Å². The summed E-state index contributed by atoms with van der Waals surface area (Å²) in [7, 11) is 0. The van der Waals surface area contributed by atoms with Crippen LogP contribution < -0.4 is 0 Å². The Hall–Kier alpha value is -2.67. The van der Waals surface area contributed by atoms with Crippen molar-refractivity contribution in [1.29, 1.82) is 0 Å². The maximum Gasteiger partial charge on any atom is 0.150 e. The molecule has 3 aliphatic rings. The van der Waals surface area contributed by atoms with Crippen LogP contribution in [0.3, 0.4) is 0 Å². The highest BCUT2D eigenvalue weighted by atomic mass is 16.1. The third kappa shape index (κ3) is 1.31. The Bertz CT molecular complexity index is 1010. The third-order valence-corrected chi connectivity index (χ3v) is 6.40. The van der Waals surface area contributed by atoms with Gasteiger partial charge in [0.2, 0.25) is 0 Å². The van der Waals surface area contributed by atoms with Gasteiger partial charge in [-0.05, 0) is 45.4 Å². The fourth-order valence-corrected chi connectivity index (χ4v) is 5.70. The molecule has 0 saturated heterocycles. The summed E-state index contributed by atoms with van der Waals surface area (Å²) in [5.74, 6) is 1.98. The molecule has 0 aromatic heterocycles. The quantitative estimate of drug-likeness (QED) is 0.587. The van der Waals surface area contributed by atoms with E-state index in [-0.39, 0.29) is 0 Å². The molecular formula is C23H16O. The molecule has 3 aliphatic carbocycles. The molecule has 0 aliphatic heterocycles. The van der Waals surface area contributed by atoms with Gasteiger partial charge in [-0.3, -0.25) is 4.79 Å². The van der Waals surface area contributed by atoms with Gasteiger partial charge >= 0.3 is 0 Å². The first-order chi connectivity index (χ1) is 11.9. The number of aldehydes is 1. The van der Waals surface area contributed by atoms with Gasteiger partial charge in [-0.25, -0.2) is 0 Å². The largest absolute Gasteiger partial charge is 0.298 e. The number of carbonyl (C=O) groups is 1. The van der Waals surface area contributed by atoms with Crippen LogP contribution in [-0.4, -0.2) is 6.29 Å². The summed E-state index contributed by atoms with van der Waals surface area (Å²) < 4.78 is 0. The molecule has 1 heteroatoms. The summed E-state index contributed by atoms with van der Waals surface area (Å²) in [6.45, 7) is 0. The highest BCUT2D eigenvalue weighted by molar-refractivity contribution is 5.77. The van der Waals surface area contributed by atoms with Gasteiger partial charge in [0.05, 0.1) is 0 Å². The number of benzene rings is 3. The topological polar surface area (TPSA) is 17.1 Å². The van der Waals surface area contributed by atoms with Crippen molar-refractivity contribution < 1.29 is 4.79 Å². The molecule has 3 aromatic rings. The number of hydrogen-bond donors (Lipinski definition) is 0. The molecule has 3 aromatic carbocycles. The van der Waals surface area contributed by atoms with Gasteiger partial charge < -0.3 is 0 Å². The molecule has 0 N–H and O–H groups in total. The molecule has 4 unspecified atom stereocenters. The molecule has 0 heterocycles. The van der Waals surface area contributed by atoms with E-state index in [1.54, 1.807) is 0 Å². The van der Waals surface area contributed by atoms with Crippen molar-refractivity contribution in [2.75, 3.05) is 0 Å². The lowest BCUT2D eigenvalue weighted by Crippen LogP contribution is -2.07. The maximum absolute atomic E-state index is 11.3. The highest BCUT2D eigenvalue weighted by Crippen LogP contribution is 2.68. The Balaban J connectivity index is 1.73. The molecule has 114 valence electrons. The van der Waals surface area contributed by atoms with Gasteiger partial charge in [-0.15, -0.1) is 0 Å². The average molecular weight is 308 g/mol. The Kier molecular flexibility index (Phi) is 2.25. The van der Waals surface area contributed by atoms with Crippen molar-refractivity contribution >= 4 is 6.29 Å². The first kappa shape index (κ1) is 12.7. The SMILES string of the molecule is O=Cc1ccc2c(c1)C1c3ccccc3C3c4ccccc4C2C31. The summed E-state index contributed by atoms with van der Waals surface area (Å²) in [5.41, 5.74) is 9.55. The summed E-state index contributed by atoms with van der Waals surface area (Å²) >= 11 is 0. The minimum atomic E-state index is 0.429. The predicted octanol–water partition coefficient (Wildman–Crippen LogP) is 4.85. The van der Waals surface area contributed by atoms with E-state index in [0.717, 1.165) is 11.8 Å². The molecule has 4 atom stereocenters. The third-order valence-electron chi connectivity index (χ3n) is 6.40. The van der Waals surface area contributed by atoms with Crippen molar-refractivity contribution in [2.24, 2.45) is 5.92 Å². The summed E-state index contributed by atoms with van der Waals surface area (Å²) in [6, 6.07) is 24.2. The van der Waals surface area contributed by atoms with Crippen molar-refractivity contribution in [1.82, 2.24) is 0 Å². The van der Waals surface area contributed by atoms with Crippen LogP contribution in [0.25, 0.3) is 0 Å². The number of carbonyl (C=O) groups excluding carboxylic acids is 1. The zero-order valence-electron chi connectivity index (χ0n) is 13.1. The second kappa shape index (κ2) is 4.24. The normalized spacial score (nSPS) is 27.3. The van der Waals surface area contributed by atoms with Gasteiger partial charge in [-0.2, -0.15) is 0 Å². The fraction of sp³-hybridized carbons (Fsp3) is 0.174. The van der Waals surface area contributed by atoms with Crippen LogP contribution in [0, 0.1) is 5.92 Å². The molecular weight excluding hydrogens is 292 g/mol. The maximum atomic E-state index is 11.3. The molecule has 0 bridgehead atoms. The monoisotopic (exact) mass is 308 g/mol. The van der Waals surface area contributed by atoms with Gasteiger partial charge in [0.25, 0.3) is 0 Å². The molecule has 0 amide bonds. The zero-order chi connectivity index (χ0) is 15.8. The van der Waals surface area contributed by atoms with Crippen LogP contribution in [0.4, 0.5) is 0 Å². The van der Waals surface area contributed by atoms with Crippen LogP contribution >= 0.6 is 0 Å². The van der Waals surface area contributed by atoms with Crippen molar-refractivity contribution in [2.45, 2.75) is 17.8 Å². The van der Waals surface area contributed by atoms with Crippen LogP contribution in [0.15, 0.2) is 66.7 Å². The summed E-state index contributed by atoms with van der Waals surface area (Å²) in [4.78, 5) is 11.3. The Morgan fingerprint density at radius 1 is 0.583 bits per heavy atom. The van der Waals surface area contributed by atoms with Crippen molar-refractivity contribution in [3.05, 3.63) is 106 Å². The van der Waals surface area contributed by atoms with Crippen LogP contribution in [0.5, 0.6) is 0 Å². The number of rotatable bonds is 1. The van der Waals surface area contributed by atoms with Gasteiger partial charge in [0.1, 0.15) is 6.29 Å². The molecule has 0 fully saturated rings. The van der Waals surface area contributed by atoms with Gasteiger partial charge in [0, 0.05) is 23.3 Å². The van der Waals surface area contributed by atoms with E-state index in [4.69, 9.17) is 0 Å². The minimum absolute atomic E-state index is 0.429. The number of fused-ring (bicyclic) bond motifs is 9. The Labute approximate surface area is 141 Å². The Morgan fingerprint density at radius 2 is 1.04 bits per heavy atom. The predicted molar refractivity (Wildman–Crippen MR) is 93.7 cm³/mol. The van der Waals surface area contributed by atoms with E-state index in [0.29, 0.717) is 23.7 Å². The van der Waals surface area contributed by atoms with Crippen LogP contribution in [-0.2, 0) is 0 Å². The van der Waals surface area contributed by atoms with Crippen LogP contribution in [0.2, 0.25) is 0 Å². The van der Waals surface area contributed by atoms with E-state index in [1.165, 1.54) is 33.4 Å². The van der Waals surface area contributed by atoms with Gasteiger partial charge in [0.15, 0.2) is 0 Å². The lowest BCUT2D eigenvalue weighted by molar-refractivity contribution is 0.112. The average Bonchev–Trinajstić information content (AvgIpc) is 3.25. The lowest BCUT2D eigenvalue weighted by Gasteiger charge is -2.16. The number of hydrogen-bond acceptors (Lipinski definition) is 1. The van der Waals surface area contributed by atoms with Crippen molar-refractivity contribution in [3.63, 3.8) is 0 Å². The molecule has 0 spiro atoms. The van der Waals surface area contributed by atoms with E-state index in [9.17, 15) is 4.79 Å². The summed E-state index contributed by atoms with van der Waals surface area (Å²) in [5, 5.41) is 0. The molecule has 0 saturated carbocycles. The van der Waals surface area contributed by atoms with Crippen LogP contribution in [0.1, 0.15) is 61.5 Å². The Morgan fingerprint density at radius 3 is 1.54 bits per heavy atom. The first-order valence-electron chi connectivity index (χ1n) is 8.65. The molecule has 1 nitrogen and oxygen atoms in total. The van der Waals surface area contributed by atoms with Crippen molar-refractivity contribution in [3.8, 4) is 0 Å². The molecule has 6 rings (SSSR count). The minimum Gasteiger partial charge on any atom is -0.298 e. The first-order valence-corrected chi connectivity index (χ1v) is 8.65. The van der Waals surface area contributed by atoms with E-state index in [1.807, 2.05) is 6.07 Å². The zero-order valence-corrected chi connectivity index (χ0v) is 13.1. The standard InChI is InChI=1S/C23H16O/c24-12-13-9-10-18-19(11-13)22-17-8-4-3-7-16(17)20-14-5-1-2-6-15(14)21(18)23(20)22/h1-12,20-23H. The highest BCUT2D eigenvalue weighted by Gasteiger charge is 2.56. The van der Waals surface area contributed by atoms with E-state index in [2.05, 4.69) is 60.7 Å². The summed E-state index contributed by atoms with van der Waals surface area (Å²) in [6.07, 6.45) is 0.973. The smallest absolute Gasteiger partial charge is 0.150 e.